The lowest BCUT2D eigenvalue weighted by atomic mass is 9.75. The molecule has 2 heterocycles. The van der Waals surface area contributed by atoms with Crippen molar-refractivity contribution in [2.75, 3.05) is 0 Å². The number of benzene rings is 1. The first kappa shape index (κ1) is 17.8. The second kappa shape index (κ2) is 8.38. The predicted octanol–water partition coefficient (Wildman–Crippen LogP) is 4.93. The highest BCUT2D eigenvalue weighted by atomic mass is 16.1. The topological polar surface area (TPSA) is 57.8 Å². The van der Waals surface area contributed by atoms with Crippen molar-refractivity contribution in [3.63, 3.8) is 0 Å². The summed E-state index contributed by atoms with van der Waals surface area (Å²) in [6, 6.07) is 12.3. The first-order valence-corrected chi connectivity index (χ1v) is 10.0. The van der Waals surface area contributed by atoms with Crippen molar-refractivity contribution < 1.29 is 4.79 Å². The molecule has 2 aromatic heterocycles. The van der Waals surface area contributed by atoms with Gasteiger partial charge in [-0.25, -0.2) is 0 Å². The van der Waals surface area contributed by atoms with Gasteiger partial charge in [-0.05, 0) is 54.0 Å². The lowest BCUT2D eigenvalue weighted by Gasteiger charge is -2.30. The fraction of sp³-hybridized carbons (Fsp3) is 0.391. The van der Waals surface area contributed by atoms with E-state index in [-0.39, 0.29) is 11.8 Å². The molecule has 4 rings (SSSR count). The number of hydrogen-bond donors (Lipinski definition) is 2. The molecule has 1 amide bonds. The Morgan fingerprint density at radius 2 is 1.89 bits per heavy atom. The molecule has 1 aliphatic carbocycles. The Labute approximate surface area is 160 Å². The van der Waals surface area contributed by atoms with E-state index >= 15 is 0 Å². The van der Waals surface area contributed by atoms with E-state index in [9.17, 15) is 4.79 Å². The molecule has 0 radical (unpaired) electrons. The first-order chi connectivity index (χ1) is 13.3. The van der Waals surface area contributed by atoms with Crippen LogP contribution < -0.4 is 5.32 Å². The van der Waals surface area contributed by atoms with Gasteiger partial charge in [0.15, 0.2) is 0 Å². The van der Waals surface area contributed by atoms with Gasteiger partial charge in [-0.1, -0.05) is 37.5 Å². The molecule has 2 N–H and O–H groups in total. The van der Waals surface area contributed by atoms with Gasteiger partial charge in [0.25, 0.3) is 0 Å². The Bertz CT molecular complexity index is 881. The van der Waals surface area contributed by atoms with E-state index in [4.69, 9.17) is 0 Å². The number of para-hydroxylation sites is 1. The van der Waals surface area contributed by atoms with Crippen molar-refractivity contribution in [3.05, 3.63) is 66.1 Å². The molecule has 4 nitrogen and oxygen atoms in total. The third kappa shape index (κ3) is 4.21. The lowest BCUT2D eigenvalue weighted by molar-refractivity contribution is -0.122. The Morgan fingerprint density at radius 1 is 1.11 bits per heavy atom. The molecule has 0 saturated heterocycles. The number of fused-ring (bicyclic) bond motifs is 1. The molecule has 1 unspecified atom stereocenters. The fourth-order valence-corrected chi connectivity index (χ4v) is 4.44. The van der Waals surface area contributed by atoms with Crippen molar-refractivity contribution in [1.29, 1.82) is 0 Å². The standard InChI is InChI=1S/C23H27N3O/c27-23(26-15-17-10-12-24-13-11-17)14-20(18-6-2-1-3-7-18)21-16-25-22-9-5-4-8-19(21)22/h4-5,8-13,16,18,20,25H,1-3,6-7,14-15H2,(H,26,27). The number of rotatable bonds is 6. The second-order valence-electron chi connectivity index (χ2n) is 7.63. The summed E-state index contributed by atoms with van der Waals surface area (Å²) in [7, 11) is 0. The third-order valence-corrected chi connectivity index (χ3v) is 5.88. The van der Waals surface area contributed by atoms with E-state index in [1.807, 2.05) is 12.1 Å². The van der Waals surface area contributed by atoms with Crippen LogP contribution in [0.5, 0.6) is 0 Å². The Morgan fingerprint density at radius 3 is 2.70 bits per heavy atom. The minimum atomic E-state index is 0.132. The van der Waals surface area contributed by atoms with E-state index in [0.29, 0.717) is 18.9 Å². The number of aromatic amines is 1. The van der Waals surface area contributed by atoms with Crippen LogP contribution in [-0.4, -0.2) is 15.9 Å². The van der Waals surface area contributed by atoms with Crippen LogP contribution in [0.3, 0.4) is 0 Å². The number of hydrogen-bond acceptors (Lipinski definition) is 2. The number of nitrogens with zero attached hydrogens (tertiary/aromatic N) is 1. The van der Waals surface area contributed by atoms with Gasteiger partial charge in [-0.2, -0.15) is 0 Å². The zero-order chi connectivity index (χ0) is 18.5. The van der Waals surface area contributed by atoms with Crippen LogP contribution in [0.2, 0.25) is 0 Å². The normalized spacial score (nSPS) is 16.3. The summed E-state index contributed by atoms with van der Waals surface area (Å²) in [4.78, 5) is 20.2. The zero-order valence-electron chi connectivity index (χ0n) is 15.7. The quantitative estimate of drug-likeness (QED) is 0.654. The van der Waals surface area contributed by atoms with E-state index in [1.165, 1.54) is 43.1 Å². The third-order valence-electron chi connectivity index (χ3n) is 5.88. The van der Waals surface area contributed by atoms with Crippen LogP contribution in [0.1, 0.15) is 55.6 Å². The largest absolute Gasteiger partial charge is 0.361 e. The number of nitrogens with one attached hydrogen (secondary N) is 2. The molecular weight excluding hydrogens is 334 g/mol. The molecule has 0 aliphatic heterocycles. The number of amides is 1. The molecule has 140 valence electrons. The Kier molecular flexibility index (Phi) is 5.52. The zero-order valence-corrected chi connectivity index (χ0v) is 15.7. The highest BCUT2D eigenvalue weighted by Crippen LogP contribution is 2.40. The van der Waals surface area contributed by atoms with Crippen molar-refractivity contribution in [1.82, 2.24) is 15.3 Å². The van der Waals surface area contributed by atoms with Gasteiger partial charge in [0.2, 0.25) is 5.91 Å². The summed E-state index contributed by atoms with van der Waals surface area (Å²) in [5.74, 6) is 0.996. The monoisotopic (exact) mass is 361 g/mol. The molecule has 3 aromatic rings. The number of aromatic nitrogens is 2. The first-order valence-electron chi connectivity index (χ1n) is 10.0. The van der Waals surface area contributed by atoms with Gasteiger partial charge in [0.05, 0.1) is 0 Å². The summed E-state index contributed by atoms with van der Waals surface area (Å²) in [6.45, 7) is 0.562. The van der Waals surface area contributed by atoms with Crippen LogP contribution in [-0.2, 0) is 11.3 Å². The molecule has 1 saturated carbocycles. The Hall–Kier alpha value is -2.62. The lowest BCUT2D eigenvalue weighted by Crippen LogP contribution is -2.27. The Balaban J connectivity index is 1.52. The number of carbonyl (C=O) groups excluding carboxylic acids is 1. The molecule has 1 aliphatic rings. The second-order valence-corrected chi connectivity index (χ2v) is 7.63. The maximum absolute atomic E-state index is 12.8. The van der Waals surface area contributed by atoms with Crippen LogP contribution in [0.25, 0.3) is 10.9 Å². The summed E-state index contributed by atoms with van der Waals surface area (Å²) in [5.41, 5.74) is 3.54. The number of carbonyl (C=O) groups is 1. The van der Waals surface area contributed by atoms with E-state index in [0.717, 1.165) is 11.1 Å². The van der Waals surface area contributed by atoms with Gasteiger partial charge in [-0.3, -0.25) is 9.78 Å². The minimum Gasteiger partial charge on any atom is -0.361 e. The summed E-state index contributed by atoms with van der Waals surface area (Å²) < 4.78 is 0. The summed E-state index contributed by atoms with van der Waals surface area (Å²) >= 11 is 0. The number of pyridine rings is 1. The molecule has 0 bridgehead atoms. The fourth-order valence-electron chi connectivity index (χ4n) is 4.44. The average molecular weight is 361 g/mol. The predicted molar refractivity (Wildman–Crippen MR) is 108 cm³/mol. The summed E-state index contributed by atoms with van der Waals surface area (Å²) in [6.07, 6.45) is 12.5. The van der Waals surface area contributed by atoms with Crippen LogP contribution in [0.15, 0.2) is 55.0 Å². The molecule has 0 spiro atoms. The smallest absolute Gasteiger partial charge is 0.220 e. The molecule has 27 heavy (non-hydrogen) atoms. The average Bonchev–Trinajstić information content (AvgIpc) is 3.16. The molecular formula is C23H27N3O. The maximum Gasteiger partial charge on any atom is 0.220 e. The van der Waals surface area contributed by atoms with Crippen molar-refractivity contribution >= 4 is 16.8 Å². The maximum atomic E-state index is 12.8. The van der Waals surface area contributed by atoms with Gasteiger partial charge in [0.1, 0.15) is 0 Å². The van der Waals surface area contributed by atoms with Crippen molar-refractivity contribution in [3.8, 4) is 0 Å². The highest BCUT2D eigenvalue weighted by Gasteiger charge is 2.28. The molecule has 1 fully saturated rings. The molecule has 1 aromatic carbocycles. The van der Waals surface area contributed by atoms with Gasteiger partial charge in [0, 0.05) is 42.5 Å². The van der Waals surface area contributed by atoms with Gasteiger partial charge >= 0.3 is 0 Å². The summed E-state index contributed by atoms with van der Waals surface area (Å²) in [5, 5.41) is 4.36. The van der Waals surface area contributed by atoms with E-state index in [2.05, 4.69) is 45.7 Å². The van der Waals surface area contributed by atoms with E-state index in [1.54, 1.807) is 12.4 Å². The van der Waals surface area contributed by atoms with Crippen LogP contribution in [0.4, 0.5) is 0 Å². The van der Waals surface area contributed by atoms with Crippen molar-refractivity contribution in [2.24, 2.45) is 5.92 Å². The SMILES string of the molecule is O=C(CC(c1c[nH]c2ccccc12)C1CCCCC1)NCc1ccncc1. The van der Waals surface area contributed by atoms with Gasteiger partial charge in [-0.15, -0.1) is 0 Å². The van der Waals surface area contributed by atoms with Crippen LogP contribution >= 0.6 is 0 Å². The van der Waals surface area contributed by atoms with E-state index < -0.39 is 0 Å². The highest BCUT2D eigenvalue weighted by molar-refractivity contribution is 5.85. The molecule has 1 atom stereocenters. The minimum absolute atomic E-state index is 0.132. The van der Waals surface area contributed by atoms with Gasteiger partial charge < -0.3 is 10.3 Å². The molecule has 4 heteroatoms. The van der Waals surface area contributed by atoms with Crippen LogP contribution in [0, 0.1) is 5.92 Å². The van der Waals surface area contributed by atoms with Crippen molar-refractivity contribution in [2.45, 2.75) is 51.0 Å². The number of H-pyrrole nitrogens is 1.